The van der Waals surface area contributed by atoms with Gasteiger partial charge in [-0.05, 0) is 56.6 Å². The SMILES string of the molecule is CC1CCC(N(CC2CCCO2)C(=O)c2ccnc(C(=O)O)c2)CC1. The molecule has 2 fully saturated rings. The van der Waals surface area contributed by atoms with Crippen molar-refractivity contribution in [3.05, 3.63) is 29.6 Å². The Labute approximate surface area is 148 Å². The summed E-state index contributed by atoms with van der Waals surface area (Å²) in [6.45, 7) is 3.60. The van der Waals surface area contributed by atoms with Crippen LogP contribution in [0.25, 0.3) is 0 Å². The highest BCUT2D eigenvalue weighted by Crippen LogP contribution is 2.29. The molecule has 0 spiro atoms. The third kappa shape index (κ3) is 4.37. The van der Waals surface area contributed by atoms with Crippen molar-refractivity contribution in [1.29, 1.82) is 0 Å². The summed E-state index contributed by atoms with van der Waals surface area (Å²) in [6, 6.07) is 3.18. The van der Waals surface area contributed by atoms with E-state index >= 15 is 0 Å². The Morgan fingerprint density at radius 3 is 2.68 bits per heavy atom. The predicted molar refractivity (Wildman–Crippen MR) is 92.6 cm³/mol. The minimum atomic E-state index is -1.12. The van der Waals surface area contributed by atoms with Crippen molar-refractivity contribution >= 4 is 11.9 Å². The highest BCUT2D eigenvalue weighted by atomic mass is 16.5. The number of hydrogen-bond donors (Lipinski definition) is 1. The first kappa shape index (κ1) is 17.9. The molecule has 25 heavy (non-hydrogen) atoms. The molecule has 1 N–H and O–H groups in total. The van der Waals surface area contributed by atoms with Crippen LogP contribution in [0.2, 0.25) is 0 Å². The molecule has 1 atom stereocenters. The summed E-state index contributed by atoms with van der Waals surface area (Å²) in [5.41, 5.74) is 0.296. The molecule has 1 aromatic rings. The van der Waals surface area contributed by atoms with Crippen molar-refractivity contribution in [1.82, 2.24) is 9.88 Å². The molecular weight excluding hydrogens is 320 g/mol. The highest BCUT2D eigenvalue weighted by molar-refractivity contribution is 5.96. The van der Waals surface area contributed by atoms with Crippen LogP contribution in [0.15, 0.2) is 18.3 Å². The smallest absolute Gasteiger partial charge is 0.354 e. The lowest BCUT2D eigenvalue weighted by molar-refractivity contribution is 0.0341. The van der Waals surface area contributed by atoms with Gasteiger partial charge in [0.05, 0.1) is 6.10 Å². The molecule has 6 heteroatoms. The van der Waals surface area contributed by atoms with Gasteiger partial charge < -0.3 is 14.7 Å². The molecule has 1 aliphatic heterocycles. The number of ether oxygens (including phenoxy) is 1. The first-order chi connectivity index (χ1) is 12.0. The molecule has 1 saturated carbocycles. The van der Waals surface area contributed by atoms with Crippen molar-refractivity contribution in [3.63, 3.8) is 0 Å². The van der Waals surface area contributed by atoms with Crippen molar-refractivity contribution in [2.24, 2.45) is 5.92 Å². The Hall–Kier alpha value is -1.95. The first-order valence-corrected chi connectivity index (χ1v) is 9.16. The Morgan fingerprint density at radius 1 is 1.28 bits per heavy atom. The van der Waals surface area contributed by atoms with Crippen LogP contribution in [-0.4, -0.2) is 52.2 Å². The molecule has 1 aliphatic carbocycles. The second-order valence-electron chi connectivity index (χ2n) is 7.24. The summed E-state index contributed by atoms with van der Waals surface area (Å²) in [6.07, 6.45) is 7.73. The van der Waals surface area contributed by atoms with Crippen LogP contribution in [0.4, 0.5) is 0 Å². The zero-order valence-electron chi connectivity index (χ0n) is 14.7. The van der Waals surface area contributed by atoms with E-state index < -0.39 is 5.97 Å². The summed E-state index contributed by atoms with van der Waals surface area (Å²) in [5.74, 6) is -0.526. The van der Waals surface area contributed by atoms with Gasteiger partial charge in [-0.25, -0.2) is 9.78 Å². The van der Waals surface area contributed by atoms with Gasteiger partial charge in [0.1, 0.15) is 5.69 Å². The topological polar surface area (TPSA) is 79.7 Å². The summed E-state index contributed by atoms with van der Waals surface area (Å²) in [4.78, 5) is 30.0. The average Bonchev–Trinajstić information content (AvgIpc) is 3.13. The number of hydrogen-bond acceptors (Lipinski definition) is 4. The number of nitrogens with zero attached hydrogens (tertiary/aromatic N) is 2. The molecular formula is C19H26N2O4. The van der Waals surface area contributed by atoms with E-state index in [0.717, 1.165) is 45.1 Å². The van der Waals surface area contributed by atoms with Crippen LogP contribution in [0.3, 0.4) is 0 Å². The molecule has 2 aliphatic rings. The van der Waals surface area contributed by atoms with Crippen molar-refractivity contribution in [3.8, 4) is 0 Å². The number of amides is 1. The van der Waals surface area contributed by atoms with Gasteiger partial charge in [0, 0.05) is 31.0 Å². The van der Waals surface area contributed by atoms with Crippen molar-refractivity contribution < 1.29 is 19.4 Å². The van der Waals surface area contributed by atoms with E-state index in [1.807, 2.05) is 4.90 Å². The van der Waals surface area contributed by atoms with E-state index in [0.29, 0.717) is 18.0 Å². The van der Waals surface area contributed by atoms with Crippen molar-refractivity contribution in [2.75, 3.05) is 13.2 Å². The minimum absolute atomic E-state index is 0.0871. The molecule has 1 amide bonds. The lowest BCUT2D eigenvalue weighted by atomic mass is 9.86. The highest BCUT2D eigenvalue weighted by Gasteiger charge is 2.31. The van der Waals surface area contributed by atoms with Crippen LogP contribution in [0.1, 0.15) is 66.3 Å². The van der Waals surface area contributed by atoms with Gasteiger partial charge in [0.2, 0.25) is 0 Å². The average molecular weight is 346 g/mol. The van der Waals surface area contributed by atoms with Gasteiger partial charge in [0.15, 0.2) is 0 Å². The number of rotatable bonds is 5. The van der Waals surface area contributed by atoms with E-state index in [1.54, 1.807) is 6.07 Å². The number of aromatic nitrogens is 1. The van der Waals surface area contributed by atoms with Gasteiger partial charge in [-0.15, -0.1) is 0 Å². The number of carboxylic acids is 1. The number of carbonyl (C=O) groups is 2. The van der Waals surface area contributed by atoms with Gasteiger partial charge in [-0.1, -0.05) is 6.92 Å². The molecule has 2 heterocycles. The Balaban J connectivity index is 1.80. The summed E-state index contributed by atoms with van der Waals surface area (Å²) >= 11 is 0. The Kier molecular flexibility index (Phi) is 5.68. The van der Waals surface area contributed by atoms with Crippen molar-refractivity contribution in [2.45, 2.75) is 57.6 Å². The number of carbonyl (C=O) groups excluding carboxylic acids is 1. The number of carboxylic acid groups (broad SMARTS) is 1. The first-order valence-electron chi connectivity index (χ1n) is 9.16. The summed E-state index contributed by atoms with van der Waals surface area (Å²) in [5, 5.41) is 9.13. The fraction of sp³-hybridized carbons (Fsp3) is 0.632. The minimum Gasteiger partial charge on any atom is -0.477 e. The maximum absolute atomic E-state index is 13.1. The van der Waals surface area contributed by atoms with E-state index in [-0.39, 0.29) is 23.7 Å². The second kappa shape index (κ2) is 7.95. The Morgan fingerprint density at radius 2 is 2.04 bits per heavy atom. The zero-order chi connectivity index (χ0) is 17.8. The van der Waals surface area contributed by atoms with Gasteiger partial charge >= 0.3 is 5.97 Å². The maximum atomic E-state index is 13.1. The van der Waals surface area contributed by atoms with Gasteiger partial charge in [0.25, 0.3) is 5.91 Å². The van der Waals surface area contributed by atoms with Crippen LogP contribution >= 0.6 is 0 Å². The molecule has 1 saturated heterocycles. The third-order valence-corrected chi connectivity index (χ3v) is 5.34. The van der Waals surface area contributed by atoms with Crippen LogP contribution < -0.4 is 0 Å². The molecule has 0 bridgehead atoms. The number of aromatic carboxylic acids is 1. The quantitative estimate of drug-likeness (QED) is 0.886. The molecule has 0 aromatic carbocycles. The fourth-order valence-electron chi connectivity index (χ4n) is 3.81. The molecule has 136 valence electrons. The van der Waals surface area contributed by atoms with E-state index in [4.69, 9.17) is 9.84 Å². The molecule has 3 rings (SSSR count). The lowest BCUT2D eigenvalue weighted by Gasteiger charge is -2.37. The van der Waals surface area contributed by atoms with E-state index in [2.05, 4.69) is 11.9 Å². The molecule has 6 nitrogen and oxygen atoms in total. The van der Waals surface area contributed by atoms with E-state index in [1.165, 1.54) is 12.3 Å². The second-order valence-corrected chi connectivity index (χ2v) is 7.24. The fourth-order valence-corrected chi connectivity index (χ4v) is 3.81. The predicted octanol–water partition coefficient (Wildman–Crippen LogP) is 2.98. The molecule has 0 radical (unpaired) electrons. The third-order valence-electron chi connectivity index (χ3n) is 5.34. The lowest BCUT2D eigenvalue weighted by Crippen LogP contribution is -2.46. The van der Waals surface area contributed by atoms with Gasteiger partial charge in [-0.2, -0.15) is 0 Å². The van der Waals surface area contributed by atoms with Crippen LogP contribution in [-0.2, 0) is 4.74 Å². The Bertz CT molecular complexity index is 620. The van der Waals surface area contributed by atoms with E-state index in [9.17, 15) is 9.59 Å². The molecule has 1 unspecified atom stereocenters. The standard InChI is InChI=1S/C19H26N2O4/c1-13-4-6-15(7-5-13)21(12-16-3-2-10-25-16)18(22)14-8-9-20-17(11-14)19(23)24/h8-9,11,13,15-16H,2-7,10,12H2,1H3,(H,23,24). The van der Waals surface area contributed by atoms with Crippen LogP contribution in [0.5, 0.6) is 0 Å². The monoisotopic (exact) mass is 346 g/mol. The maximum Gasteiger partial charge on any atom is 0.354 e. The normalized spacial score (nSPS) is 26.4. The van der Waals surface area contributed by atoms with Gasteiger partial charge in [-0.3, -0.25) is 4.79 Å². The summed E-state index contributed by atoms with van der Waals surface area (Å²) in [7, 11) is 0. The zero-order valence-corrected chi connectivity index (χ0v) is 14.7. The summed E-state index contributed by atoms with van der Waals surface area (Å²) < 4.78 is 5.74. The largest absolute Gasteiger partial charge is 0.477 e. The molecule has 1 aromatic heterocycles. The number of pyridine rings is 1. The van der Waals surface area contributed by atoms with Crippen LogP contribution in [0, 0.1) is 5.92 Å².